The third kappa shape index (κ3) is 3.82. The lowest BCUT2D eigenvalue weighted by atomic mass is 10.1. The molecule has 0 fully saturated rings. The molecule has 0 atom stereocenters. The van der Waals surface area contributed by atoms with E-state index in [2.05, 4.69) is 26.2 Å². The number of halogens is 1. The fourth-order valence-corrected chi connectivity index (χ4v) is 2.56. The number of benzene rings is 1. The van der Waals surface area contributed by atoms with Gasteiger partial charge in [0.05, 0.1) is 9.98 Å². The Morgan fingerprint density at radius 1 is 1.39 bits per heavy atom. The number of nitrogens with zero attached hydrogens (tertiary/aromatic N) is 1. The molecule has 2 rings (SSSR count). The maximum absolute atomic E-state index is 11.7. The molecule has 3 N–H and O–H groups in total. The second kappa shape index (κ2) is 5.97. The van der Waals surface area contributed by atoms with Gasteiger partial charge in [0.2, 0.25) is 5.91 Å². The maximum Gasteiger partial charge on any atom is 0.226 e. The summed E-state index contributed by atoms with van der Waals surface area (Å²) in [6.07, 6.45) is 2.79. The summed E-state index contributed by atoms with van der Waals surface area (Å²) < 4.78 is 0.899. The first-order chi connectivity index (χ1) is 8.63. The Labute approximate surface area is 117 Å². The second-order valence-corrected chi connectivity index (χ2v) is 6.17. The number of amides is 1. The molecule has 0 saturated heterocycles. The molecule has 0 spiro atoms. The van der Waals surface area contributed by atoms with Crippen LogP contribution in [0.2, 0.25) is 0 Å². The Hall–Kier alpha value is -1.40. The Morgan fingerprint density at radius 3 is 2.72 bits per heavy atom. The van der Waals surface area contributed by atoms with Crippen LogP contribution in [0.1, 0.15) is 12.0 Å². The van der Waals surface area contributed by atoms with Gasteiger partial charge in [-0.05, 0) is 40.0 Å². The Bertz CT molecular complexity index is 539. The predicted octanol–water partition coefficient (Wildman–Crippen LogP) is 3.06. The van der Waals surface area contributed by atoms with Gasteiger partial charge < -0.3 is 11.1 Å². The number of thiazole rings is 1. The highest BCUT2D eigenvalue weighted by Crippen LogP contribution is 2.23. The monoisotopic (exact) mass is 325 g/mol. The van der Waals surface area contributed by atoms with E-state index in [1.165, 1.54) is 11.3 Å². The number of anilines is 2. The van der Waals surface area contributed by atoms with E-state index in [1.807, 2.05) is 24.3 Å². The third-order valence-corrected chi connectivity index (χ3v) is 3.74. The molecule has 1 heterocycles. The zero-order chi connectivity index (χ0) is 13.0. The van der Waals surface area contributed by atoms with Crippen LogP contribution in [0.25, 0.3) is 0 Å². The number of nitrogens with two attached hydrogens (primary N) is 1. The highest BCUT2D eigenvalue weighted by atomic mass is 79.9. The summed E-state index contributed by atoms with van der Waals surface area (Å²) in [5.74, 6) is -0.0336. The molecule has 0 bridgehead atoms. The number of nitrogen functional groups attached to an aromatic ring is 1. The quantitative estimate of drug-likeness (QED) is 0.849. The van der Waals surface area contributed by atoms with Gasteiger partial charge in [-0.3, -0.25) is 4.79 Å². The van der Waals surface area contributed by atoms with Gasteiger partial charge in [-0.1, -0.05) is 23.5 Å². The van der Waals surface area contributed by atoms with Crippen molar-refractivity contribution >= 4 is 44.0 Å². The Kier molecular flexibility index (Phi) is 4.33. The molecule has 1 amide bonds. The smallest absolute Gasteiger partial charge is 0.226 e. The van der Waals surface area contributed by atoms with Crippen LogP contribution in [0.5, 0.6) is 0 Å². The summed E-state index contributed by atoms with van der Waals surface area (Å²) >= 11 is 4.69. The van der Waals surface area contributed by atoms with E-state index in [0.717, 1.165) is 15.0 Å². The van der Waals surface area contributed by atoms with Gasteiger partial charge >= 0.3 is 0 Å². The molecule has 1 aromatic heterocycles. The minimum Gasteiger partial charge on any atom is -0.399 e. The van der Waals surface area contributed by atoms with E-state index in [4.69, 9.17) is 5.73 Å². The van der Waals surface area contributed by atoms with Crippen molar-refractivity contribution < 1.29 is 4.79 Å². The molecule has 0 aliphatic heterocycles. The molecule has 6 heteroatoms. The van der Waals surface area contributed by atoms with Crippen molar-refractivity contribution in [1.29, 1.82) is 0 Å². The van der Waals surface area contributed by atoms with Crippen LogP contribution in [0.15, 0.2) is 34.2 Å². The van der Waals surface area contributed by atoms with E-state index >= 15 is 0 Å². The largest absolute Gasteiger partial charge is 0.399 e. The predicted molar refractivity (Wildman–Crippen MR) is 77.6 cm³/mol. The van der Waals surface area contributed by atoms with E-state index < -0.39 is 0 Å². The molecule has 0 unspecified atom stereocenters. The number of carbonyl (C=O) groups is 1. The maximum atomic E-state index is 11.7. The number of aryl methyl sites for hydroxylation is 1. The van der Waals surface area contributed by atoms with Crippen LogP contribution < -0.4 is 11.1 Å². The van der Waals surface area contributed by atoms with E-state index in [-0.39, 0.29) is 5.91 Å². The number of hydrogen-bond donors (Lipinski definition) is 2. The van der Waals surface area contributed by atoms with E-state index in [1.54, 1.807) is 6.20 Å². The zero-order valence-corrected chi connectivity index (χ0v) is 11.9. The van der Waals surface area contributed by atoms with Crippen molar-refractivity contribution in [3.05, 3.63) is 39.8 Å². The van der Waals surface area contributed by atoms with E-state index in [9.17, 15) is 4.79 Å². The number of hydrogen-bond acceptors (Lipinski definition) is 4. The molecule has 94 valence electrons. The van der Waals surface area contributed by atoms with Gasteiger partial charge in [0, 0.05) is 12.1 Å². The summed E-state index contributed by atoms with van der Waals surface area (Å²) in [5.41, 5.74) is 7.43. The lowest BCUT2D eigenvalue weighted by molar-refractivity contribution is -0.116. The summed E-state index contributed by atoms with van der Waals surface area (Å²) in [6, 6.07) is 7.54. The number of rotatable bonds is 4. The molecule has 2 aromatic rings. The van der Waals surface area contributed by atoms with Gasteiger partial charge in [-0.2, -0.15) is 0 Å². The molecule has 0 aliphatic rings. The van der Waals surface area contributed by atoms with Gasteiger partial charge in [0.1, 0.15) is 0 Å². The van der Waals surface area contributed by atoms with Crippen molar-refractivity contribution in [2.75, 3.05) is 11.1 Å². The molecule has 4 nitrogen and oxygen atoms in total. The molecule has 0 aliphatic carbocycles. The van der Waals surface area contributed by atoms with Crippen LogP contribution in [0.4, 0.5) is 10.8 Å². The van der Waals surface area contributed by atoms with Crippen LogP contribution in [0.3, 0.4) is 0 Å². The van der Waals surface area contributed by atoms with Crippen molar-refractivity contribution in [1.82, 2.24) is 4.98 Å². The van der Waals surface area contributed by atoms with Gasteiger partial charge in [0.15, 0.2) is 5.13 Å². The molecule has 0 radical (unpaired) electrons. The number of nitrogens with one attached hydrogen (secondary N) is 1. The lowest BCUT2D eigenvalue weighted by Gasteiger charge is -2.02. The fraction of sp³-hybridized carbons (Fsp3) is 0.167. The standard InChI is InChI=1S/C12H12BrN3OS/c13-10-7-15-12(18-10)16-11(17)6-3-8-1-4-9(14)5-2-8/h1-2,4-5,7H,3,6,14H2,(H,15,16,17). The van der Waals surface area contributed by atoms with Crippen molar-refractivity contribution in [3.8, 4) is 0 Å². The first kappa shape index (κ1) is 13.0. The number of aromatic nitrogens is 1. The van der Waals surface area contributed by atoms with Gasteiger partial charge in [0.25, 0.3) is 0 Å². The topological polar surface area (TPSA) is 68.0 Å². The Morgan fingerprint density at radius 2 is 2.11 bits per heavy atom. The third-order valence-electron chi connectivity index (χ3n) is 2.34. The van der Waals surface area contributed by atoms with Gasteiger partial charge in [-0.15, -0.1) is 0 Å². The van der Waals surface area contributed by atoms with Crippen LogP contribution in [0, 0.1) is 0 Å². The Balaban J connectivity index is 1.83. The molecule has 1 aromatic carbocycles. The summed E-state index contributed by atoms with van der Waals surface area (Å²) in [4.78, 5) is 15.7. The van der Waals surface area contributed by atoms with Crippen LogP contribution >= 0.6 is 27.3 Å². The van der Waals surface area contributed by atoms with Crippen molar-refractivity contribution in [2.45, 2.75) is 12.8 Å². The zero-order valence-electron chi connectivity index (χ0n) is 9.52. The lowest BCUT2D eigenvalue weighted by Crippen LogP contribution is -2.11. The molecular weight excluding hydrogens is 314 g/mol. The average molecular weight is 326 g/mol. The summed E-state index contributed by atoms with van der Waals surface area (Å²) in [6.45, 7) is 0. The summed E-state index contributed by atoms with van der Waals surface area (Å²) in [5, 5.41) is 3.37. The fourth-order valence-electron chi connectivity index (χ4n) is 1.44. The minimum atomic E-state index is -0.0336. The number of carbonyl (C=O) groups excluding carboxylic acids is 1. The first-order valence-electron chi connectivity index (χ1n) is 5.39. The SMILES string of the molecule is Nc1ccc(CCC(=O)Nc2ncc(Br)s2)cc1. The molecule has 0 saturated carbocycles. The second-order valence-electron chi connectivity index (χ2n) is 3.76. The molecule has 18 heavy (non-hydrogen) atoms. The minimum absolute atomic E-state index is 0.0336. The highest BCUT2D eigenvalue weighted by molar-refractivity contribution is 9.11. The van der Waals surface area contributed by atoms with Crippen molar-refractivity contribution in [3.63, 3.8) is 0 Å². The van der Waals surface area contributed by atoms with E-state index in [0.29, 0.717) is 18.0 Å². The highest BCUT2D eigenvalue weighted by Gasteiger charge is 2.06. The average Bonchev–Trinajstić information content (AvgIpc) is 2.74. The summed E-state index contributed by atoms with van der Waals surface area (Å²) in [7, 11) is 0. The normalized spacial score (nSPS) is 10.3. The van der Waals surface area contributed by atoms with Crippen LogP contribution in [-0.4, -0.2) is 10.9 Å². The first-order valence-corrected chi connectivity index (χ1v) is 7.00. The van der Waals surface area contributed by atoms with Crippen LogP contribution in [-0.2, 0) is 11.2 Å². The van der Waals surface area contributed by atoms with Crippen molar-refractivity contribution in [2.24, 2.45) is 0 Å². The molecular formula is C12H12BrN3OS. The van der Waals surface area contributed by atoms with Gasteiger partial charge in [-0.25, -0.2) is 4.98 Å².